The Balaban J connectivity index is 0.000000461. The lowest BCUT2D eigenvalue weighted by Crippen LogP contribution is -2.51. The molecule has 11 heteroatoms. The number of nitrogens with one attached hydrogen (secondary N) is 1. The first kappa shape index (κ1) is 22.2. The minimum absolute atomic E-state index is 0.00844. The van der Waals surface area contributed by atoms with Gasteiger partial charge in [-0.2, -0.15) is 13.5 Å². The number of likely N-dealkylation sites (tertiary alicyclic amines) is 1. The van der Waals surface area contributed by atoms with Crippen LogP contribution < -0.4 is 5.73 Å². The average Bonchev–Trinajstić information content (AvgIpc) is 3.09. The summed E-state index contributed by atoms with van der Waals surface area (Å²) in [7, 11) is -3.67. The van der Waals surface area contributed by atoms with E-state index in [4.69, 9.17) is 10.3 Å². The van der Waals surface area contributed by atoms with Crippen molar-refractivity contribution >= 4 is 32.8 Å². The molecule has 1 unspecified atom stereocenters. The van der Waals surface area contributed by atoms with E-state index in [9.17, 15) is 18.0 Å². The van der Waals surface area contributed by atoms with Gasteiger partial charge in [0, 0.05) is 38.0 Å². The number of H-pyrrole nitrogens is 1. The normalized spacial score (nSPS) is 20.4. The molecule has 1 saturated heterocycles. The van der Waals surface area contributed by atoms with Crippen molar-refractivity contribution in [2.24, 2.45) is 5.73 Å². The zero-order chi connectivity index (χ0) is 22.1. The van der Waals surface area contributed by atoms with E-state index >= 15 is 0 Å². The van der Waals surface area contributed by atoms with Crippen LogP contribution in [0.15, 0.2) is 18.3 Å². The van der Waals surface area contributed by atoms with Crippen LogP contribution in [0.5, 0.6) is 0 Å². The largest absolute Gasteiger partial charge is 0.343 e. The van der Waals surface area contributed by atoms with Crippen LogP contribution in [-0.2, 0) is 32.7 Å². The third-order valence-electron chi connectivity index (χ3n) is 5.55. The molecule has 4 rings (SSSR count). The number of nitrogens with zero attached hydrogens (tertiary/aromatic N) is 3. The minimum Gasteiger partial charge on any atom is -0.343 e. The van der Waals surface area contributed by atoms with E-state index in [-0.39, 0.29) is 17.9 Å². The van der Waals surface area contributed by atoms with Crippen molar-refractivity contribution in [1.82, 2.24) is 20.0 Å². The summed E-state index contributed by atoms with van der Waals surface area (Å²) < 4.78 is 25.9. The van der Waals surface area contributed by atoms with Gasteiger partial charge in [0.2, 0.25) is 11.8 Å². The summed E-state index contributed by atoms with van der Waals surface area (Å²) in [5, 5.41) is 8.20. The summed E-state index contributed by atoms with van der Waals surface area (Å²) in [4.78, 5) is 28.2. The molecule has 0 spiro atoms. The van der Waals surface area contributed by atoms with E-state index in [0.717, 1.165) is 34.9 Å². The molecule has 10 nitrogen and oxygen atoms in total. The molecule has 1 fully saturated rings. The summed E-state index contributed by atoms with van der Waals surface area (Å²) in [6.07, 6.45) is 4.70. The number of benzene rings is 1. The second kappa shape index (κ2) is 8.70. The third-order valence-corrected chi connectivity index (χ3v) is 5.55. The molecule has 2 aromatic rings. The number of rotatable bonds is 1. The van der Waals surface area contributed by atoms with Crippen LogP contribution in [0.2, 0.25) is 0 Å². The number of nitrogens with two attached hydrogens (primary N) is 1. The van der Waals surface area contributed by atoms with Gasteiger partial charge in [0.15, 0.2) is 0 Å². The Labute approximate surface area is 175 Å². The van der Waals surface area contributed by atoms with Gasteiger partial charge in [0.05, 0.1) is 24.0 Å². The molecule has 1 aromatic carbocycles. The molecular weight excluding hydrogens is 410 g/mol. The standard InChI is InChI=1S/C18H23N5O2.CH4O3S/c1-11(24)22-6-4-13(5-7-22)23-10-15-12(8-16(19)18(23)25)2-3-17-14(15)9-20-21-17;1-5(2,3)4/h2-3,9,13,16H,4-8,10,19H2,1H3,(H,20,21);1H3,(H,2,3,4). The fourth-order valence-electron chi connectivity index (χ4n) is 4.09. The van der Waals surface area contributed by atoms with E-state index in [1.165, 1.54) is 0 Å². The maximum Gasteiger partial charge on any atom is 0.261 e. The van der Waals surface area contributed by atoms with Gasteiger partial charge in [0.25, 0.3) is 10.1 Å². The van der Waals surface area contributed by atoms with Crippen molar-refractivity contribution in [2.75, 3.05) is 19.3 Å². The fourth-order valence-corrected chi connectivity index (χ4v) is 4.09. The van der Waals surface area contributed by atoms with E-state index in [2.05, 4.69) is 10.2 Å². The van der Waals surface area contributed by atoms with Gasteiger partial charge >= 0.3 is 0 Å². The van der Waals surface area contributed by atoms with E-state index < -0.39 is 16.2 Å². The predicted octanol–water partition coefficient (Wildman–Crippen LogP) is 0.290. The van der Waals surface area contributed by atoms with Crippen LogP contribution >= 0.6 is 0 Å². The average molecular weight is 438 g/mol. The topological polar surface area (TPSA) is 150 Å². The number of carbonyl (C=O) groups is 2. The van der Waals surface area contributed by atoms with Crippen molar-refractivity contribution in [3.05, 3.63) is 29.5 Å². The second-order valence-corrected chi connectivity index (χ2v) is 9.25. The zero-order valence-corrected chi connectivity index (χ0v) is 17.9. The maximum absolute atomic E-state index is 12.9. The first-order valence-corrected chi connectivity index (χ1v) is 11.6. The van der Waals surface area contributed by atoms with Gasteiger partial charge in [0.1, 0.15) is 0 Å². The van der Waals surface area contributed by atoms with Crippen LogP contribution in [-0.4, -0.2) is 76.2 Å². The Morgan fingerprint density at radius 2 is 1.93 bits per heavy atom. The fraction of sp³-hybridized carbons (Fsp3) is 0.526. The first-order valence-electron chi connectivity index (χ1n) is 9.72. The first-order chi connectivity index (χ1) is 14.0. The molecule has 0 radical (unpaired) electrons. The monoisotopic (exact) mass is 437 g/mol. The Morgan fingerprint density at radius 1 is 1.30 bits per heavy atom. The predicted molar refractivity (Wildman–Crippen MR) is 111 cm³/mol. The van der Waals surface area contributed by atoms with Gasteiger partial charge in [-0.25, -0.2) is 0 Å². The molecule has 0 saturated carbocycles. The molecule has 1 atom stereocenters. The quantitative estimate of drug-likeness (QED) is 0.543. The maximum atomic E-state index is 12.9. The molecule has 164 valence electrons. The number of hydrogen-bond acceptors (Lipinski definition) is 6. The molecule has 3 heterocycles. The highest BCUT2D eigenvalue weighted by atomic mass is 32.2. The number of aromatic amines is 1. The Hall–Kier alpha value is -2.50. The molecule has 2 amide bonds. The Kier molecular flexibility index (Phi) is 6.44. The van der Waals surface area contributed by atoms with Crippen LogP contribution in [0.25, 0.3) is 10.9 Å². The molecule has 0 bridgehead atoms. The van der Waals surface area contributed by atoms with Crippen molar-refractivity contribution in [1.29, 1.82) is 0 Å². The Morgan fingerprint density at radius 3 is 2.53 bits per heavy atom. The zero-order valence-electron chi connectivity index (χ0n) is 17.0. The summed E-state index contributed by atoms with van der Waals surface area (Å²) in [6.45, 7) is 3.55. The van der Waals surface area contributed by atoms with Crippen molar-refractivity contribution in [2.45, 2.75) is 44.8 Å². The van der Waals surface area contributed by atoms with Crippen molar-refractivity contribution < 1.29 is 22.6 Å². The van der Waals surface area contributed by atoms with E-state index in [1.54, 1.807) is 6.92 Å². The van der Waals surface area contributed by atoms with Crippen molar-refractivity contribution in [3.63, 3.8) is 0 Å². The van der Waals surface area contributed by atoms with E-state index in [0.29, 0.717) is 32.3 Å². The summed E-state index contributed by atoms with van der Waals surface area (Å²) in [5.41, 5.74) is 9.45. The highest BCUT2D eigenvalue weighted by Crippen LogP contribution is 2.29. The van der Waals surface area contributed by atoms with Gasteiger partial charge in [-0.3, -0.25) is 19.2 Å². The summed E-state index contributed by atoms with van der Waals surface area (Å²) in [5.74, 6) is 0.108. The molecule has 2 aliphatic heterocycles. The van der Waals surface area contributed by atoms with Crippen molar-refractivity contribution in [3.8, 4) is 0 Å². The number of hydrogen-bond donors (Lipinski definition) is 3. The lowest BCUT2D eigenvalue weighted by molar-refractivity contribution is -0.137. The van der Waals surface area contributed by atoms with Crippen LogP contribution in [0, 0.1) is 0 Å². The lowest BCUT2D eigenvalue weighted by atomic mass is 9.99. The van der Waals surface area contributed by atoms with E-state index in [1.807, 2.05) is 28.1 Å². The molecule has 4 N–H and O–H groups in total. The summed E-state index contributed by atoms with van der Waals surface area (Å²) >= 11 is 0. The Bertz CT molecular complexity index is 1030. The number of aromatic nitrogens is 2. The van der Waals surface area contributed by atoms with Gasteiger partial charge in [-0.05, 0) is 36.5 Å². The smallest absolute Gasteiger partial charge is 0.261 e. The van der Waals surface area contributed by atoms with Gasteiger partial charge in [-0.15, -0.1) is 0 Å². The number of piperidine rings is 1. The molecule has 1 aromatic heterocycles. The van der Waals surface area contributed by atoms with Crippen LogP contribution in [0.1, 0.15) is 30.9 Å². The summed E-state index contributed by atoms with van der Waals surface area (Å²) in [6, 6.07) is 3.66. The SMILES string of the molecule is CC(=O)N1CCC(N2Cc3c(ccc4[nH]ncc34)CC(N)C2=O)CC1.CS(=O)(=O)O. The van der Waals surface area contributed by atoms with Crippen LogP contribution in [0.3, 0.4) is 0 Å². The number of fused-ring (bicyclic) bond motifs is 3. The number of carbonyl (C=O) groups excluding carboxylic acids is 2. The van der Waals surface area contributed by atoms with Gasteiger partial charge < -0.3 is 15.5 Å². The number of amides is 2. The molecule has 0 aliphatic carbocycles. The molecule has 2 aliphatic rings. The molecule has 30 heavy (non-hydrogen) atoms. The van der Waals surface area contributed by atoms with Gasteiger partial charge in [-0.1, -0.05) is 6.07 Å². The third kappa shape index (κ3) is 5.15. The highest BCUT2D eigenvalue weighted by Gasteiger charge is 2.34. The molecular formula is C19H27N5O5S. The van der Waals surface area contributed by atoms with Crippen LogP contribution in [0.4, 0.5) is 0 Å². The lowest BCUT2D eigenvalue weighted by Gasteiger charge is -2.38. The second-order valence-electron chi connectivity index (χ2n) is 7.78. The highest BCUT2D eigenvalue weighted by molar-refractivity contribution is 7.85. The minimum atomic E-state index is -3.67.